The van der Waals surface area contributed by atoms with Crippen LogP contribution in [0.4, 0.5) is 10.1 Å². The lowest BCUT2D eigenvalue weighted by atomic mass is 9.86. The van der Waals surface area contributed by atoms with E-state index in [0.717, 1.165) is 25.1 Å². The predicted molar refractivity (Wildman–Crippen MR) is 77.3 cm³/mol. The second-order valence-electron chi connectivity index (χ2n) is 5.26. The summed E-state index contributed by atoms with van der Waals surface area (Å²) in [4.78, 5) is 2.14. The first-order valence-corrected chi connectivity index (χ1v) is 7.27. The Morgan fingerprint density at radius 2 is 2.00 bits per heavy atom. The summed E-state index contributed by atoms with van der Waals surface area (Å²) in [6, 6.07) is 5.68. The fourth-order valence-electron chi connectivity index (χ4n) is 2.59. The molecule has 2 N–H and O–H groups in total. The van der Waals surface area contributed by atoms with E-state index in [1.165, 1.54) is 12.8 Å². The number of halogens is 2. The van der Waals surface area contributed by atoms with Crippen LogP contribution in [0, 0.1) is 11.7 Å². The SMILES string of the molecule is CN(C[C@H]1CC[C@@H](N)CC1)c1ccc(Br)c(F)c1. The minimum Gasteiger partial charge on any atom is -0.374 e. The third-order valence-corrected chi connectivity index (χ3v) is 4.41. The zero-order valence-electron chi connectivity index (χ0n) is 10.7. The summed E-state index contributed by atoms with van der Waals surface area (Å²) in [5.41, 5.74) is 6.84. The molecule has 2 nitrogen and oxygen atoms in total. The van der Waals surface area contributed by atoms with Crippen LogP contribution < -0.4 is 10.6 Å². The van der Waals surface area contributed by atoms with E-state index in [1.807, 2.05) is 13.1 Å². The fraction of sp³-hybridized carbons (Fsp3) is 0.571. The molecule has 100 valence electrons. The van der Waals surface area contributed by atoms with Crippen LogP contribution in [0.3, 0.4) is 0 Å². The van der Waals surface area contributed by atoms with Gasteiger partial charge in [0.1, 0.15) is 5.82 Å². The molecule has 1 aromatic rings. The molecule has 1 aliphatic rings. The van der Waals surface area contributed by atoms with Crippen LogP contribution in [-0.4, -0.2) is 19.6 Å². The van der Waals surface area contributed by atoms with Crippen molar-refractivity contribution < 1.29 is 4.39 Å². The molecule has 1 fully saturated rings. The lowest BCUT2D eigenvalue weighted by Crippen LogP contribution is -2.32. The topological polar surface area (TPSA) is 29.3 Å². The summed E-state index contributed by atoms with van der Waals surface area (Å²) in [6.45, 7) is 0.980. The Hall–Kier alpha value is -0.610. The number of benzene rings is 1. The van der Waals surface area contributed by atoms with Gasteiger partial charge in [-0.25, -0.2) is 4.39 Å². The Bertz CT molecular complexity index is 403. The van der Waals surface area contributed by atoms with Crippen LogP contribution in [0.15, 0.2) is 22.7 Å². The summed E-state index contributed by atoms with van der Waals surface area (Å²) in [5.74, 6) is 0.478. The maximum Gasteiger partial charge on any atom is 0.139 e. The average molecular weight is 315 g/mol. The van der Waals surface area contributed by atoms with Crippen molar-refractivity contribution >= 4 is 21.6 Å². The Morgan fingerprint density at radius 1 is 1.33 bits per heavy atom. The smallest absolute Gasteiger partial charge is 0.139 e. The first kappa shape index (κ1) is 13.8. The van der Waals surface area contributed by atoms with Gasteiger partial charge in [0, 0.05) is 25.3 Å². The van der Waals surface area contributed by atoms with Crippen molar-refractivity contribution in [2.45, 2.75) is 31.7 Å². The van der Waals surface area contributed by atoms with E-state index >= 15 is 0 Å². The van der Waals surface area contributed by atoms with Gasteiger partial charge in [0.05, 0.1) is 4.47 Å². The van der Waals surface area contributed by atoms with Crippen molar-refractivity contribution in [1.82, 2.24) is 0 Å². The van der Waals surface area contributed by atoms with Gasteiger partial charge in [0.25, 0.3) is 0 Å². The third-order valence-electron chi connectivity index (χ3n) is 3.77. The molecule has 18 heavy (non-hydrogen) atoms. The molecule has 0 amide bonds. The van der Waals surface area contributed by atoms with Crippen LogP contribution in [0.5, 0.6) is 0 Å². The normalized spacial score (nSPS) is 24.0. The fourth-order valence-corrected chi connectivity index (χ4v) is 2.83. The second-order valence-corrected chi connectivity index (χ2v) is 6.11. The van der Waals surface area contributed by atoms with Crippen LogP contribution in [0.25, 0.3) is 0 Å². The summed E-state index contributed by atoms with van der Waals surface area (Å²) in [5, 5.41) is 0. The molecule has 1 saturated carbocycles. The van der Waals surface area contributed by atoms with E-state index in [2.05, 4.69) is 20.8 Å². The predicted octanol–water partition coefficient (Wildman–Crippen LogP) is 3.54. The Morgan fingerprint density at radius 3 is 2.61 bits per heavy atom. The van der Waals surface area contributed by atoms with Gasteiger partial charge in [-0.2, -0.15) is 0 Å². The number of nitrogens with two attached hydrogens (primary N) is 1. The number of hydrogen-bond acceptors (Lipinski definition) is 2. The van der Waals surface area contributed by atoms with Crippen LogP contribution in [-0.2, 0) is 0 Å². The highest BCUT2D eigenvalue weighted by atomic mass is 79.9. The minimum atomic E-state index is -0.204. The van der Waals surface area contributed by atoms with Gasteiger partial charge in [0.15, 0.2) is 0 Å². The first-order valence-electron chi connectivity index (χ1n) is 6.48. The average Bonchev–Trinajstić information content (AvgIpc) is 2.35. The first-order chi connectivity index (χ1) is 8.56. The van der Waals surface area contributed by atoms with E-state index in [0.29, 0.717) is 16.4 Å². The Kier molecular flexibility index (Phi) is 4.62. The van der Waals surface area contributed by atoms with Gasteiger partial charge < -0.3 is 10.6 Å². The van der Waals surface area contributed by atoms with Gasteiger partial charge in [-0.05, 0) is 65.7 Å². The Balaban J connectivity index is 1.94. The highest BCUT2D eigenvalue weighted by Crippen LogP contribution is 2.27. The summed E-state index contributed by atoms with van der Waals surface area (Å²) in [7, 11) is 2.03. The quantitative estimate of drug-likeness (QED) is 0.924. The van der Waals surface area contributed by atoms with Gasteiger partial charge in [0.2, 0.25) is 0 Å². The van der Waals surface area contributed by atoms with Crippen molar-refractivity contribution in [2.75, 3.05) is 18.5 Å². The molecule has 0 unspecified atom stereocenters. The molecule has 0 spiro atoms. The zero-order chi connectivity index (χ0) is 13.1. The van der Waals surface area contributed by atoms with Crippen molar-refractivity contribution in [3.63, 3.8) is 0 Å². The molecule has 2 rings (SSSR count). The molecule has 0 heterocycles. The standard InChI is InChI=1S/C14H20BrFN2/c1-18(9-10-2-4-11(17)5-3-10)12-6-7-13(15)14(16)8-12/h6-8,10-11H,2-5,9,17H2,1H3/t10-,11+. The van der Waals surface area contributed by atoms with E-state index in [-0.39, 0.29) is 5.82 Å². The lowest BCUT2D eigenvalue weighted by molar-refractivity contribution is 0.330. The number of nitrogens with zero attached hydrogens (tertiary/aromatic N) is 1. The van der Waals surface area contributed by atoms with E-state index in [1.54, 1.807) is 12.1 Å². The molecule has 4 heteroatoms. The largest absolute Gasteiger partial charge is 0.374 e. The van der Waals surface area contributed by atoms with Crippen LogP contribution in [0.2, 0.25) is 0 Å². The third kappa shape index (κ3) is 3.45. The van der Waals surface area contributed by atoms with Gasteiger partial charge >= 0.3 is 0 Å². The van der Waals surface area contributed by atoms with Gasteiger partial charge in [-0.3, -0.25) is 0 Å². The molecular formula is C14H20BrFN2. The van der Waals surface area contributed by atoms with Crippen molar-refractivity contribution in [2.24, 2.45) is 11.7 Å². The van der Waals surface area contributed by atoms with Crippen LogP contribution in [0.1, 0.15) is 25.7 Å². The molecule has 0 radical (unpaired) electrons. The number of hydrogen-bond donors (Lipinski definition) is 1. The van der Waals surface area contributed by atoms with Gasteiger partial charge in [-0.1, -0.05) is 0 Å². The lowest BCUT2D eigenvalue weighted by Gasteiger charge is -2.30. The highest BCUT2D eigenvalue weighted by Gasteiger charge is 2.20. The summed E-state index contributed by atoms with van der Waals surface area (Å²) in [6.07, 6.45) is 4.61. The molecular weight excluding hydrogens is 295 g/mol. The molecule has 0 saturated heterocycles. The molecule has 0 aromatic heterocycles. The maximum atomic E-state index is 13.5. The molecule has 0 aliphatic heterocycles. The zero-order valence-corrected chi connectivity index (χ0v) is 12.3. The highest BCUT2D eigenvalue weighted by molar-refractivity contribution is 9.10. The van der Waals surface area contributed by atoms with Crippen molar-refractivity contribution in [3.8, 4) is 0 Å². The van der Waals surface area contributed by atoms with Crippen LogP contribution >= 0.6 is 15.9 Å². The Labute approximate surface area is 116 Å². The number of rotatable bonds is 3. The monoisotopic (exact) mass is 314 g/mol. The molecule has 0 atom stereocenters. The van der Waals surface area contributed by atoms with Crippen molar-refractivity contribution in [3.05, 3.63) is 28.5 Å². The minimum absolute atomic E-state index is 0.204. The van der Waals surface area contributed by atoms with Gasteiger partial charge in [-0.15, -0.1) is 0 Å². The van der Waals surface area contributed by atoms with E-state index < -0.39 is 0 Å². The summed E-state index contributed by atoms with van der Waals surface area (Å²) < 4.78 is 14.0. The molecule has 1 aromatic carbocycles. The van der Waals surface area contributed by atoms with E-state index in [4.69, 9.17) is 5.73 Å². The summed E-state index contributed by atoms with van der Waals surface area (Å²) >= 11 is 3.18. The molecule has 1 aliphatic carbocycles. The number of anilines is 1. The maximum absolute atomic E-state index is 13.5. The second kappa shape index (κ2) is 6.02. The van der Waals surface area contributed by atoms with Crippen molar-refractivity contribution in [1.29, 1.82) is 0 Å². The van der Waals surface area contributed by atoms with E-state index in [9.17, 15) is 4.39 Å². The molecule has 0 bridgehead atoms.